The summed E-state index contributed by atoms with van der Waals surface area (Å²) in [5.41, 5.74) is 1.84. The van der Waals surface area contributed by atoms with Crippen molar-refractivity contribution in [1.29, 1.82) is 0 Å². The highest BCUT2D eigenvalue weighted by molar-refractivity contribution is 6.04. The Morgan fingerprint density at radius 1 is 0.931 bits per heavy atom. The van der Waals surface area contributed by atoms with E-state index >= 15 is 0 Å². The summed E-state index contributed by atoms with van der Waals surface area (Å²) in [5.74, 6) is -0.260. The fourth-order valence-corrected chi connectivity index (χ4v) is 3.66. The number of nitrogens with zero attached hydrogens (tertiary/aromatic N) is 2. The van der Waals surface area contributed by atoms with Crippen molar-refractivity contribution in [2.24, 2.45) is 0 Å². The Bertz CT molecular complexity index is 826. The molecule has 1 saturated heterocycles. The Morgan fingerprint density at radius 2 is 1.52 bits per heavy atom. The van der Waals surface area contributed by atoms with Gasteiger partial charge in [0.15, 0.2) is 0 Å². The van der Waals surface area contributed by atoms with Crippen LogP contribution < -0.4 is 10.6 Å². The molecular formula is C23H30N4O2. The molecule has 0 spiro atoms. The highest BCUT2D eigenvalue weighted by Gasteiger charge is 2.36. The van der Waals surface area contributed by atoms with E-state index in [9.17, 15) is 9.59 Å². The number of anilines is 1. The van der Waals surface area contributed by atoms with Crippen LogP contribution in [0.2, 0.25) is 0 Å². The minimum absolute atomic E-state index is 0.00817. The Morgan fingerprint density at radius 3 is 2.10 bits per heavy atom. The monoisotopic (exact) mass is 394 g/mol. The zero-order valence-corrected chi connectivity index (χ0v) is 17.4. The zero-order valence-electron chi connectivity index (χ0n) is 17.4. The molecule has 1 aliphatic rings. The molecule has 29 heavy (non-hydrogen) atoms. The van der Waals surface area contributed by atoms with Crippen LogP contribution in [0.25, 0.3) is 0 Å². The van der Waals surface area contributed by atoms with E-state index in [1.807, 2.05) is 18.2 Å². The van der Waals surface area contributed by atoms with Crippen molar-refractivity contribution in [3.63, 3.8) is 0 Å². The molecule has 154 valence electrons. The first kappa shape index (κ1) is 21.0. The molecule has 2 N–H and O–H groups in total. The number of piperidine rings is 1. The first-order valence-corrected chi connectivity index (χ1v) is 10.0. The van der Waals surface area contributed by atoms with Crippen LogP contribution in [0.4, 0.5) is 5.69 Å². The van der Waals surface area contributed by atoms with Crippen LogP contribution in [-0.4, -0.2) is 67.9 Å². The van der Waals surface area contributed by atoms with E-state index in [-0.39, 0.29) is 17.4 Å². The second kappa shape index (κ2) is 9.20. The molecule has 2 amide bonds. The number of likely N-dealkylation sites (tertiary alicyclic amines) is 1. The number of nitrogens with one attached hydrogen (secondary N) is 2. The first-order valence-electron chi connectivity index (χ1n) is 10.0. The van der Waals surface area contributed by atoms with E-state index in [1.54, 1.807) is 36.4 Å². The first-order chi connectivity index (χ1) is 13.9. The van der Waals surface area contributed by atoms with E-state index in [2.05, 4.69) is 41.6 Å². The normalized spacial score (nSPS) is 16.4. The number of hydrogen-bond donors (Lipinski definition) is 2. The summed E-state index contributed by atoms with van der Waals surface area (Å²) in [4.78, 5) is 29.4. The second-order valence-corrected chi connectivity index (χ2v) is 8.00. The molecule has 0 aromatic heterocycles. The van der Waals surface area contributed by atoms with Gasteiger partial charge in [0.05, 0.1) is 0 Å². The van der Waals surface area contributed by atoms with Crippen molar-refractivity contribution in [2.75, 3.05) is 46.1 Å². The van der Waals surface area contributed by atoms with Gasteiger partial charge in [0.25, 0.3) is 11.8 Å². The van der Waals surface area contributed by atoms with E-state index in [0.29, 0.717) is 23.4 Å². The lowest BCUT2D eigenvalue weighted by Crippen LogP contribution is -2.57. The molecule has 2 aromatic carbocycles. The summed E-state index contributed by atoms with van der Waals surface area (Å²) >= 11 is 0. The molecule has 1 aliphatic heterocycles. The quantitative estimate of drug-likeness (QED) is 0.791. The highest BCUT2D eigenvalue weighted by Crippen LogP contribution is 2.26. The largest absolute Gasteiger partial charge is 0.350 e. The van der Waals surface area contributed by atoms with Crippen LogP contribution in [0, 0.1) is 0 Å². The summed E-state index contributed by atoms with van der Waals surface area (Å²) in [7, 11) is 6.31. The molecule has 3 rings (SSSR count). The third-order valence-electron chi connectivity index (χ3n) is 5.89. The van der Waals surface area contributed by atoms with Crippen molar-refractivity contribution in [3.05, 3.63) is 65.7 Å². The highest BCUT2D eigenvalue weighted by atomic mass is 16.2. The minimum atomic E-state index is -0.169. The number of carbonyl (C=O) groups is 2. The summed E-state index contributed by atoms with van der Waals surface area (Å²) in [5, 5.41) is 5.96. The number of likely N-dealkylation sites (N-methyl/N-ethyl adjacent to an activating group) is 1. The van der Waals surface area contributed by atoms with E-state index in [4.69, 9.17) is 0 Å². The van der Waals surface area contributed by atoms with Crippen LogP contribution in [0.3, 0.4) is 0 Å². The number of amides is 2. The number of hydrogen-bond acceptors (Lipinski definition) is 4. The molecule has 6 heteroatoms. The molecule has 0 aliphatic carbocycles. The molecule has 0 radical (unpaired) electrons. The van der Waals surface area contributed by atoms with Crippen molar-refractivity contribution in [1.82, 2.24) is 15.1 Å². The standard InChI is InChI=1S/C23H30N4O2/c1-26(2)23(13-15-27(3)16-14-23)17-24-21(28)19-9-11-20(12-10-19)25-22(29)18-7-5-4-6-8-18/h4-12H,13-17H2,1-3H3,(H,24,28)(H,25,29). The van der Waals surface area contributed by atoms with Gasteiger partial charge in [-0.3, -0.25) is 9.59 Å². The zero-order chi connectivity index (χ0) is 20.9. The average molecular weight is 395 g/mol. The van der Waals surface area contributed by atoms with Gasteiger partial charge in [-0.05, 0) is 83.5 Å². The summed E-state index contributed by atoms with van der Waals surface area (Å²) in [6, 6.07) is 16.1. The lowest BCUT2D eigenvalue weighted by atomic mass is 9.86. The number of carbonyl (C=O) groups excluding carboxylic acids is 2. The predicted octanol–water partition coefficient (Wildman–Crippen LogP) is 2.69. The Kier molecular flexibility index (Phi) is 6.67. The molecule has 6 nitrogen and oxygen atoms in total. The molecule has 1 fully saturated rings. The van der Waals surface area contributed by atoms with E-state index in [0.717, 1.165) is 25.9 Å². The van der Waals surface area contributed by atoms with Gasteiger partial charge in [-0.25, -0.2) is 0 Å². The van der Waals surface area contributed by atoms with Gasteiger partial charge in [-0.15, -0.1) is 0 Å². The second-order valence-electron chi connectivity index (χ2n) is 8.00. The Balaban J connectivity index is 1.58. The van der Waals surface area contributed by atoms with Gasteiger partial charge >= 0.3 is 0 Å². The minimum Gasteiger partial charge on any atom is -0.350 e. The SMILES string of the molecule is CN1CCC(CNC(=O)c2ccc(NC(=O)c3ccccc3)cc2)(N(C)C)CC1. The van der Waals surface area contributed by atoms with Gasteiger partial charge in [0, 0.05) is 28.9 Å². The molecule has 0 unspecified atom stereocenters. The Labute approximate surface area is 172 Å². The maximum atomic E-state index is 12.6. The van der Waals surface area contributed by atoms with Crippen molar-refractivity contribution in [2.45, 2.75) is 18.4 Å². The Hall–Kier alpha value is -2.70. The van der Waals surface area contributed by atoms with Crippen molar-refractivity contribution >= 4 is 17.5 Å². The van der Waals surface area contributed by atoms with Crippen LogP contribution in [0.15, 0.2) is 54.6 Å². The van der Waals surface area contributed by atoms with Crippen molar-refractivity contribution in [3.8, 4) is 0 Å². The van der Waals surface area contributed by atoms with Gasteiger partial charge < -0.3 is 20.4 Å². The third-order valence-corrected chi connectivity index (χ3v) is 5.89. The van der Waals surface area contributed by atoms with Gasteiger partial charge in [-0.1, -0.05) is 18.2 Å². The predicted molar refractivity (Wildman–Crippen MR) is 116 cm³/mol. The van der Waals surface area contributed by atoms with Gasteiger partial charge in [0.1, 0.15) is 0 Å². The number of rotatable bonds is 6. The maximum absolute atomic E-state index is 12.6. The van der Waals surface area contributed by atoms with E-state index < -0.39 is 0 Å². The summed E-state index contributed by atoms with van der Waals surface area (Å²) < 4.78 is 0. The smallest absolute Gasteiger partial charge is 0.255 e. The molecule has 0 saturated carbocycles. The van der Waals surface area contributed by atoms with E-state index in [1.165, 1.54) is 0 Å². The van der Waals surface area contributed by atoms with Crippen molar-refractivity contribution < 1.29 is 9.59 Å². The molecular weight excluding hydrogens is 364 g/mol. The lowest BCUT2D eigenvalue weighted by Gasteiger charge is -2.45. The van der Waals surface area contributed by atoms with Crippen LogP contribution >= 0.6 is 0 Å². The lowest BCUT2D eigenvalue weighted by molar-refractivity contribution is 0.0612. The molecule has 0 bridgehead atoms. The van der Waals surface area contributed by atoms with Crippen LogP contribution in [0.1, 0.15) is 33.6 Å². The van der Waals surface area contributed by atoms with Crippen LogP contribution in [0.5, 0.6) is 0 Å². The van der Waals surface area contributed by atoms with Gasteiger partial charge in [-0.2, -0.15) is 0 Å². The maximum Gasteiger partial charge on any atom is 0.255 e. The topological polar surface area (TPSA) is 64.7 Å². The van der Waals surface area contributed by atoms with Gasteiger partial charge in [0.2, 0.25) is 0 Å². The molecule has 2 aromatic rings. The fraction of sp³-hybridized carbons (Fsp3) is 0.391. The summed E-state index contributed by atoms with van der Waals surface area (Å²) in [6.07, 6.45) is 2.06. The third kappa shape index (κ3) is 5.22. The molecule has 1 heterocycles. The molecule has 0 atom stereocenters. The summed E-state index contributed by atoms with van der Waals surface area (Å²) in [6.45, 7) is 2.69. The average Bonchev–Trinajstić information content (AvgIpc) is 2.74. The van der Waals surface area contributed by atoms with Crippen LogP contribution in [-0.2, 0) is 0 Å². The fourth-order valence-electron chi connectivity index (χ4n) is 3.66. The number of benzene rings is 2.